The zero-order chi connectivity index (χ0) is 13.9. The van der Waals surface area contributed by atoms with Gasteiger partial charge in [0.25, 0.3) is 0 Å². The molecular formula is C13H22N2O2S. The Hall–Kier alpha value is -0.910. The van der Waals surface area contributed by atoms with E-state index in [4.69, 9.17) is 5.73 Å². The number of nitrogens with one attached hydrogen (secondary N) is 1. The third-order valence-corrected chi connectivity index (χ3v) is 4.91. The Bertz CT molecular complexity index is 512. The van der Waals surface area contributed by atoms with Gasteiger partial charge in [-0.2, -0.15) is 0 Å². The largest absolute Gasteiger partial charge is 0.330 e. The van der Waals surface area contributed by atoms with E-state index >= 15 is 0 Å². The minimum atomic E-state index is -3.46. The van der Waals surface area contributed by atoms with Crippen LogP contribution in [0.3, 0.4) is 0 Å². The SMILES string of the molecule is Cc1ccc(S(=O)(=O)NC(C)C(C)CN)cc1C. The topological polar surface area (TPSA) is 72.2 Å². The van der Waals surface area contributed by atoms with Crippen LogP contribution in [0, 0.1) is 19.8 Å². The van der Waals surface area contributed by atoms with Crippen LogP contribution in [-0.4, -0.2) is 21.0 Å². The highest BCUT2D eigenvalue weighted by Crippen LogP contribution is 2.15. The fraction of sp³-hybridized carbons (Fsp3) is 0.538. The molecule has 0 radical (unpaired) electrons. The molecule has 0 amide bonds. The van der Waals surface area contributed by atoms with E-state index in [1.807, 2.05) is 33.8 Å². The second kappa shape index (κ2) is 5.82. The Kier molecular flexibility index (Phi) is 4.90. The van der Waals surface area contributed by atoms with Gasteiger partial charge in [-0.15, -0.1) is 0 Å². The van der Waals surface area contributed by atoms with Crippen LogP contribution in [0.5, 0.6) is 0 Å². The van der Waals surface area contributed by atoms with Gasteiger partial charge in [0.05, 0.1) is 4.90 Å². The first kappa shape index (κ1) is 15.1. The van der Waals surface area contributed by atoms with E-state index in [9.17, 15) is 8.42 Å². The van der Waals surface area contributed by atoms with Crippen molar-refractivity contribution in [2.24, 2.45) is 11.7 Å². The van der Waals surface area contributed by atoms with Crippen LogP contribution in [0.1, 0.15) is 25.0 Å². The Balaban J connectivity index is 2.96. The average molecular weight is 270 g/mol. The fourth-order valence-electron chi connectivity index (χ4n) is 1.51. The van der Waals surface area contributed by atoms with Crippen LogP contribution in [0.4, 0.5) is 0 Å². The van der Waals surface area contributed by atoms with Gasteiger partial charge in [-0.05, 0) is 56.5 Å². The number of hydrogen-bond acceptors (Lipinski definition) is 3. The van der Waals surface area contributed by atoms with Gasteiger partial charge in [0.1, 0.15) is 0 Å². The molecule has 0 bridgehead atoms. The Labute approximate surface area is 110 Å². The summed E-state index contributed by atoms with van der Waals surface area (Å²) in [5.41, 5.74) is 7.59. The van der Waals surface area contributed by atoms with Crippen molar-refractivity contribution in [3.05, 3.63) is 29.3 Å². The minimum absolute atomic E-state index is 0.103. The van der Waals surface area contributed by atoms with Gasteiger partial charge in [-0.25, -0.2) is 13.1 Å². The molecular weight excluding hydrogens is 248 g/mol. The van der Waals surface area contributed by atoms with Crippen LogP contribution < -0.4 is 10.5 Å². The van der Waals surface area contributed by atoms with Gasteiger partial charge in [0, 0.05) is 6.04 Å². The van der Waals surface area contributed by atoms with Crippen LogP contribution in [0.25, 0.3) is 0 Å². The maximum atomic E-state index is 12.2. The van der Waals surface area contributed by atoms with Crippen LogP contribution >= 0.6 is 0 Å². The summed E-state index contributed by atoms with van der Waals surface area (Å²) < 4.78 is 27.0. The molecule has 0 aromatic heterocycles. The van der Waals surface area contributed by atoms with Crippen molar-refractivity contribution in [1.82, 2.24) is 4.72 Å². The van der Waals surface area contributed by atoms with Gasteiger partial charge in [0.2, 0.25) is 10.0 Å². The third kappa shape index (κ3) is 3.54. The molecule has 0 aliphatic rings. The lowest BCUT2D eigenvalue weighted by molar-refractivity contribution is 0.453. The van der Waals surface area contributed by atoms with Crippen molar-refractivity contribution in [3.63, 3.8) is 0 Å². The average Bonchev–Trinajstić information content (AvgIpc) is 2.30. The minimum Gasteiger partial charge on any atom is -0.330 e. The van der Waals surface area contributed by atoms with Gasteiger partial charge < -0.3 is 5.73 Å². The van der Waals surface area contributed by atoms with Crippen molar-refractivity contribution in [1.29, 1.82) is 0 Å². The second-order valence-corrected chi connectivity index (χ2v) is 6.58. The molecule has 2 atom stereocenters. The molecule has 102 valence electrons. The fourth-order valence-corrected chi connectivity index (χ4v) is 2.95. The zero-order valence-corrected chi connectivity index (χ0v) is 12.2. The summed E-state index contributed by atoms with van der Waals surface area (Å²) in [5, 5.41) is 0. The molecule has 1 aromatic carbocycles. The molecule has 0 heterocycles. The van der Waals surface area contributed by atoms with E-state index in [1.165, 1.54) is 0 Å². The van der Waals surface area contributed by atoms with E-state index in [0.29, 0.717) is 11.4 Å². The lowest BCUT2D eigenvalue weighted by Gasteiger charge is -2.20. The maximum Gasteiger partial charge on any atom is 0.240 e. The lowest BCUT2D eigenvalue weighted by Crippen LogP contribution is -2.39. The molecule has 0 aliphatic carbocycles. The van der Waals surface area contributed by atoms with E-state index in [0.717, 1.165) is 11.1 Å². The number of rotatable bonds is 5. The Morgan fingerprint density at radius 2 is 1.83 bits per heavy atom. The predicted molar refractivity (Wildman–Crippen MR) is 73.9 cm³/mol. The molecule has 1 rings (SSSR count). The van der Waals surface area contributed by atoms with Crippen molar-refractivity contribution in [3.8, 4) is 0 Å². The Morgan fingerprint density at radius 1 is 1.22 bits per heavy atom. The molecule has 2 unspecified atom stereocenters. The van der Waals surface area contributed by atoms with E-state index < -0.39 is 10.0 Å². The normalized spacial score (nSPS) is 15.4. The van der Waals surface area contributed by atoms with E-state index in [-0.39, 0.29) is 12.0 Å². The quantitative estimate of drug-likeness (QED) is 0.853. The van der Waals surface area contributed by atoms with Gasteiger partial charge in [0.15, 0.2) is 0 Å². The van der Waals surface area contributed by atoms with Gasteiger partial charge in [-0.3, -0.25) is 0 Å². The molecule has 5 heteroatoms. The van der Waals surface area contributed by atoms with Crippen molar-refractivity contribution in [2.45, 2.75) is 38.6 Å². The van der Waals surface area contributed by atoms with Crippen LogP contribution in [0.15, 0.2) is 23.1 Å². The highest BCUT2D eigenvalue weighted by Gasteiger charge is 2.20. The first-order valence-corrected chi connectivity index (χ1v) is 7.56. The molecule has 0 spiro atoms. The molecule has 1 aromatic rings. The highest BCUT2D eigenvalue weighted by atomic mass is 32.2. The summed E-state index contributed by atoms with van der Waals surface area (Å²) in [6, 6.07) is 4.96. The molecule has 0 fully saturated rings. The van der Waals surface area contributed by atoms with Crippen LogP contribution in [0.2, 0.25) is 0 Å². The summed E-state index contributed by atoms with van der Waals surface area (Å²) in [7, 11) is -3.46. The molecule has 18 heavy (non-hydrogen) atoms. The number of sulfonamides is 1. The number of nitrogens with two attached hydrogens (primary N) is 1. The van der Waals surface area contributed by atoms with Gasteiger partial charge in [-0.1, -0.05) is 13.0 Å². The number of hydrogen-bond donors (Lipinski definition) is 2. The lowest BCUT2D eigenvalue weighted by atomic mass is 10.1. The second-order valence-electron chi connectivity index (χ2n) is 4.87. The first-order chi connectivity index (χ1) is 8.27. The number of aryl methyl sites for hydroxylation is 2. The zero-order valence-electron chi connectivity index (χ0n) is 11.4. The highest BCUT2D eigenvalue weighted by molar-refractivity contribution is 7.89. The monoisotopic (exact) mass is 270 g/mol. The van der Waals surface area contributed by atoms with Gasteiger partial charge >= 0.3 is 0 Å². The summed E-state index contributed by atoms with van der Waals surface area (Å²) in [6.45, 7) is 8.07. The predicted octanol–water partition coefficient (Wildman–Crippen LogP) is 1.57. The summed E-state index contributed by atoms with van der Waals surface area (Å²) in [6.07, 6.45) is 0. The molecule has 0 saturated carbocycles. The standard InChI is InChI=1S/C13H22N2O2S/c1-9-5-6-13(7-10(9)2)18(16,17)15-12(4)11(3)8-14/h5-7,11-12,15H,8,14H2,1-4H3. The molecule has 3 N–H and O–H groups in total. The maximum absolute atomic E-state index is 12.2. The van der Waals surface area contributed by atoms with Crippen LogP contribution in [-0.2, 0) is 10.0 Å². The number of benzene rings is 1. The molecule has 0 saturated heterocycles. The summed E-state index contributed by atoms with van der Waals surface area (Å²) in [5.74, 6) is 0.103. The van der Waals surface area contributed by atoms with Crippen molar-refractivity contribution < 1.29 is 8.42 Å². The Morgan fingerprint density at radius 3 is 2.33 bits per heavy atom. The van der Waals surface area contributed by atoms with E-state index in [1.54, 1.807) is 12.1 Å². The van der Waals surface area contributed by atoms with Crippen molar-refractivity contribution in [2.75, 3.05) is 6.54 Å². The first-order valence-electron chi connectivity index (χ1n) is 6.07. The van der Waals surface area contributed by atoms with E-state index in [2.05, 4.69) is 4.72 Å². The molecule has 0 aliphatic heterocycles. The third-order valence-electron chi connectivity index (χ3n) is 3.36. The summed E-state index contributed by atoms with van der Waals surface area (Å²) in [4.78, 5) is 0.307. The smallest absolute Gasteiger partial charge is 0.240 e. The molecule has 4 nitrogen and oxygen atoms in total. The summed E-state index contributed by atoms with van der Waals surface area (Å²) >= 11 is 0. The van der Waals surface area contributed by atoms with Crippen molar-refractivity contribution >= 4 is 10.0 Å².